The molecule has 1 aliphatic carbocycles. The van der Waals surface area contributed by atoms with E-state index in [-0.39, 0.29) is 29.4 Å². The summed E-state index contributed by atoms with van der Waals surface area (Å²) < 4.78 is 6.65. The average molecular weight is 563 g/mol. The Morgan fingerprint density at radius 3 is 2.54 bits per heavy atom. The molecule has 7 heteroatoms. The topological polar surface area (TPSA) is 40.1 Å². The SMILES string of the molecule is CN=C(NCC1(c2ccc(Br)cc2)CCC1)N1CCC(N2CCOCC2)C1.I. The van der Waals surface area contributed by atoms with E-state index in [1.165, 1.54) is 31.2 Å². The highest BCUT2D eigenvalue weighted by Crippen LogP contribution is 2.43. The van der Waals surface area contributed by atoms with Crippen LogP contribution in [0, 0.1) is 0 Å². The first-order chi connectivity index (χ1) is 13.2. The molecule has 0 amide bonds. The monoisotopic (exact) mass is 562 g/mol. The van der Waals surface area contributed by atoms with Crippen LogP contribution in [0.1, 0.15) is 31.2 Å². The number of nitrogens with one attached hydrogen (secondary N) is 1. The Balaban J connectivity index is 0.00000225. The number of aliphatic imine (C=N–C) groups is 1. The summed E-state index contributed by atoms with van der Waals surface area (Å²) in [4.78, 5) is 9.63. The molecule has 5 nitrogen and oxygen atoms in total. The maximum Gasteiger partial charge on any atom is 0.193 e. The lowest BCUT2D eigenvalue weighted by molar-refractivity contribution is 0.0194. The van der Waals surface area contributed by atoms with Crippen molar-refractivity contribution in [3.63, 3.8) is 0 Å². The lowest BCUT2D eigenvalue weighted by atomic mass is 9.64. The molecule has 0 aromatic heterocycles. The summed E-state index contributed by atoms with van der Waals surface area (Å²) in [6, 6.07) is 9.52. The van der Waals surface area contributed by atoms with Crippen LogP contribution >= 0.6 is 39.9 Å². The predicted molar refractivity (Wildman–Crippen MR) is 129 cm³/mol. The average Bonchev–Trinajstić information content (AvgIpc) is 3.16. The molecule has 2 saturated heterocycles. The standard InChI is InChI=1S/C21H31BrN4O.HI/c1-23-20(26-10-7-19(15-26)25-11-13-27-14-12-25)24-16-21(8-2-9-21)17-3-5-18(22)6-4-17;/h3-6,19H,2,7-16H2,1H3,(H,23,24);1H. The van der Waals surface area contributed by atoms with E-state index in [0.717, 1.165) is 56.4 Å². The lowest BCUT2D eigenvalue weighted by Crippen LogP contribution is -2.50. The van der Waals surface area contributed by atoms with Gasteiger partial charge in [0.2, 0.25) is 0 Å². The molecule has 1 aromatic rings. The van der Waals surface area contributed by atoms with E-state index in [9.17, 15) is 0 Å². The number of benzene rings is 1. The van der Waals surface area contributed by atoms with Gasteiger partial charge in [-0.15, -0.1) is 24.0 Å². The van der Waals surface area contributed by atoms with E-state index in [2.05, 4.69) is 60.3 Å². The first-order valence-corrected chi connectivity index (χ1v) is 11.0. The van der Waals surface area contributed by atoms with Gasteiger partial charge in [0, 0.05) is 55.7 Å². The molecule has 1 atom stereocenters. The van der Waals surface area contributed by atoms with E-state index in [0.29, 0.717) is 6.04 Å². The number of morpholine rings is 1. The van der Waals surface area contributed by atoms with Crippen molar-refractivity contribution in [2.24, 2.45) is 4.99 Å². The van der Waals surface area contributed by atoms with Crippen LogP contribution in [0.4, 0.5) is 0 Å². The molecule has 1 saturated carbocycles. The fourth-order valence-corrected chi connectivity index (χ4v) is 4.99. The van der Waals surface area contributed by atoms with Gasteiger partial charge < -0.3 is 15.0 Å². The number of hydrogen-bond donors (Lipinski definition) is 1. The second-order valence-electron chi connectivity index (χ2n) is 8.08. The minimum Gasteiger partial charge on any atom is -0.379 e. The second-order valence-corrected chi connectivity index (χ2v) is 8.99. The van der Waals surface area contributed by atoms with Crippen LogP contribution in [0.25, 0.3) is 0 Å². The molecule has 0 spiro atoms. The lowest BCUT2D eigenvalue weighted by Gasteiger charge is -2.43. The predicted octanol–water partition coefficient (Wildman–Crippen LogP) is 3.47. The molecular formula is C21H32BrIN4O. The van der Waals surface area contributed by atoms with Crippen LogP contribution in [0.15, 0.2) is 33.7 Å². The highest BCUT2D eigenvalue weighted by molar-refractivity contribution is 14.0. The van der Waals surface area contributed by atoms with Crippen molar-refractivity contribution < 1.29 is 4.74 Å². The molecule has 1 unspecified atom stereocenters. The minimum absolute atomic E-state index is 0. The summed E-state index contributed by atoms with van der Waals surface area (Å²) in [5.74, 6) is 1.06. The number of rotatable bonds is 4. The van der Waals surface area contributed by atoms with E-state index in [1.54, 1.807) is 0 Å². The molecule has 2 aliphatic heterocycles. The summed E-state index contributed by atoms with van der Waals surface area (Å²) in [7, 11) is 1.91. The van der Waals surface area contributed by atoms with Gasteiger partial charge in [-0.3, -0.25) is 9.89 Å². The summed E-state index contributed by atoms with van der Waals surface area (Å²) in [6.45, 7) is 7.02. The van der Waals surface area contributed by atoms with Gasteiger partial charge in [-0.25, -0.2) is 0 Å². The van der Waals surface area contributed by atoms with Crippen LogP contribution in [-0.4, -0.2) is 74.8 Å². The minimum atomic E-state index is 0. The van der Waals surface area contributed by atoms with Gasteiger partial charge in [0.05, 0.1) is 13.2 Å². The number of halogens is 2. The van der Waals surface area contributed by atoms with E-state index < -0.39 is 0 Å². The Morgan fingerprint density at radius 2 is 1.93 bits per heavy atom. The largest absolute Gasteiger partial charge is 0.379 e. The van der Waals surface area contributed by atoms with Gasteiger partial charge in [0.1, 0.15) is 0 Å². The van der Waals surface area contributed by atoms with Crippen molar-refractivity contribution in [1.82, 2.24) is 15.1 Å². The maximum absolute atomic E-state index is 5.50. The number of hydrogen-bond acceptors (Lipinski definition) is 3. The van der Waals surface area contributed by atoms with Gasteiger partial charge >= 0.3 is 0 Å². The zero-order chi connectivity index (χ0) is 18.7. The van der Waals surface area contributed by atoms with Crippen LogP contribution in [0.2, 0.25) is 0 Å². The number of likely N-dealkylation sites (tertiary alicyclic amines) is 1. The highest BCUT2D eigenvalue weighted by Gasteiger charge is 2.39. The van der Waals surface area contributed by atoms with Gasteiger partial charge in [0.15, 0.2) is 5.96 Å². The summed E-state index contributed by atoms with van der Waals surface area (Å²) >= 11 is 3.56. The third kappa shape index (κ3) is 4.84. The van der Waals surface area contributed by atoms with Crippen molar-refractivity contribution in [2.45, 2.75) is 37.1 Å². The van der Waals surface area contributed by atoms with Gasteiger partial charge in [0.25, 0.3) is 0 Å². The Bertz CT molecular complexity index is 659. The maximum atomic E-state index is 5.50. The normalized spacial score (nSPS) is 25.1. The van der Waals surface area contributed by atoms with Gasteiger partial charge in [-0.2, -0.15) is 0 Å². The van der Waals surface area contributed by atoms with E-state index in [1.807, 2.05) is 7.05 Å². The molecule has 3 fully saturated rings. The molecule has 2 heterocycles. The molecule has 4 rings (SSSR count). The fourth-order valence-electron chi connectivity index (χ4n) is 4.73. The molecule has 0 bridgehead atoms. The first kappa shape index (κ1) is 22.3. The van der Waals surface area contributed by atoms with Crippen molar-refractivity contribution in [1.29, 1.82) is 0 Å². The van der Waals surface area contributed by atoms with Crippen molar-refractivity contribution in [2.75, 3.05) is 53.0 Å². The molecule has 1 N–H and O–H groups in total. The smallest absolute Gasteiger partial charge is 0.193 e. The molecular weight excluding hydrogens is 531 g/mol. The Hall–Kier alpha value is -0.380. The Morgan fingerprint density at radius 1 is 1.21 bits per heavy atom. The molecule has 1 aromatic carbocycles. The highest BCUT2D eigenvalue weighted by atomic mass is 127. The third-order valence-corrected chi connectivity index (χ3v) is 7.12. The van der Waals surface area contributed by atoms with Gasteiger partial charge in [-0.05, 0) is 37.0 Å². The number of nitrogens with zero attached hydrogens (tertiary/aromatic N) is 3. The quantitative estimate of drug-likeness (QED) is 0.346. The Labute approximate surface area is 194 Å². The van der Waals surface area contributed by atoms with E-state index >= 15 is 0 Å². The second kappa shape index (κ2) is 10.1. The van der Waals surface area contributed by atoms with Crippen LogP contribution < -0.4 is 5.32 Å². The van der Waals surface area contributed by atoms with Crippen LogP contribution in [-0.2, 0) is 10.2 Å². The number of guanidine groups is 1. The van der Waals surface area contributed by atoms with Crippen LogP contribution in [0.3, 0.4) is 0 Å². The fraction of sp³-hybridized carbons (Fsp3) is 0.667. The summed E-state index contributed by atoms with van der Waals surface area (Å²) in [5.41, 5.74) is 1.72. The zero-order valence-electron chi connectivity index (χ0n) is 16.7. The van der Waals surface area contributed by atoms with Crippen molar-refractivity contribution in [3.05, 3.63) is 34.3 Å². The summed E-state index contributed by atoms with van der Waals surface area (Å²) in [6.07, 6.45) is 5.06. The van der Waals surface area contributed by atoms with Crippen molar-refractivity contribution >= 4 is 45.9 Å². The number of ether oxygens (including phenoxy) is 1. The zero-order valence-corrected chi connectivity index (χ0v) is 20.6. The van der Waals surface area contributed by atoms with Gasteiger partial charge in [-0.1, -0.05) is 34.5 Å². The van der Waals surface area contributed by atoms with E-state index in [4.69, 9.17) is 4.74 Å². The molecule has 0 radical (unpaired) electrons. The summed E-state index contributed by atoms with van der Waals surface area (Å²) in [5, 5.41) is 3.71. The third-order valence-electron chi connectivity index (χ3n) is 6.59. The first-order valence-electron chi connectivity index (χ1n) is 10.2. The molecule has 3 aliphatic rings. The molecule has 28 heavy (non-hydrogen) atoms. The van der Waals surface area contributed by atoms with Crippen LogP contribution in [0.5, 0.6) is 0 Å². The Kier molecular flexibility index (Phi) is 8.04. The van der Waals surface area contributed by atoms with Crippen molar-refractivity contribution in [3.8, 4) is 0 Å². The molecule has 156 valence electrons.